The molecular formula is C13H15BrClN3. The van der Waals surface area contributed by atoms with Gasteiger partial charge in [-0.1, -0.05) is 40.5 Å². The summed E-state index contributed by atoms with van der Waals surface area (Å²) in [6.07, 6.45) is 1.95. The molecule has 0 fully saturated rings. The van der Waals surface area contributed by atoms with E-state index in [1.165, 1.54) is 0 Å². The van der Waals surface area contributed by atoms with Crippen molar-refractivity contribution in [3.05, 3.63) is 51.2 Å². The molecule has 96 valence electrons. The van der Waals surface area contributed by atoms with Crippen molar-refractivity contribution in [2.24, 2.45) is 7.05 Å². The van der Waals surface area contributed by atoms with E-state index in [2.05, 4.69) is 33.3 Å². The van der Waals surface area contributed by atoms with Crippen LogP contribution in [0.4, 0.5) is 0 Å². The van der Waals surface area contributed by atoms with E-state index in [0.29, 0.717) is 0 Å². The average molecular weight is 329 g/mol. The molecule has 1 heterocycles. The summed E-state index contributed by atoms with van der Waals surface area (Å²) in [6, 6.07) is 7.92. The summed E-state index contributed by atoms with van der Waals surface area (Å²) < 4.78 is 2.80. The molecule has 0 aliphatic rings. The summed E-state index contributed by atoms with van der Waals surface area (Å²) in [5.74, 6) is 0. The maximum Gasteiger partial charge on any atom is 0.0839 e. The number of aromatic nitrogens is 2. The van der Waals surface area contributed by atoms with Gasteiger partial charge in [0.05, 0.1) is 11.7 Å². The second-order valence-corrected chi connectivity index (χ2v) is 5.36. The normalized spacial score (nSPS) is 12.7. The molecule has 3 nitrogen and oxygen atoms in total. The Hall–Kier alpha value is -0.840. The van der Waals surface area contributed by atoms with E-state index >= 15 is 0 Å². The minimum Gasteiger partial charge on any atom is -0.305 e. The number of rotatable bonds is 4. The molecule has 0 amide bonds. The lowest BCUT2D eigenvalue weighted by Crippen LogP contribution is -2.23. The zero-order chi connectivity index (χ0) is 13.1. The number of aryl methyl sites for hydroxylation is 1. The molecule has 1 atom stereocenters. The van der Waals surface area contributed by atoms with Crippen molar-refractivity contribution in [1.82, 2.24) is 15.1 Å². The Morgan fingerprint density at radius 3 is 2.78 bits per heavy atom. The van der Waals surface area contributed by atoms with Crippen molar-refractivity contribution in [2.45, 2.75) is 13.0 Å². The number of hydrogen-bond donors (Lipinski definition) is 1. The predicted molar refractivity (Wildman–Crippen MR) is 77.9 cm³/mol. The van der Waals surface area contributed by atoms with E-state index < -0.39 is 0 Å². The van der Waals surface area contributed by atoms with Gasteiger partial charge in [-0.05, 0) is 30.3 Å². The number of nitrogens with one attached hydrogen (secondary N) is 1. The fourth-order valence-electron chi connectivity index (χ4n) is 1.90. The highest BCUT2D eigenvalue weighted by Gasteiger charge is 2.18. The quantitative estimate of drug-likeness (QED) is 0.930. The summed E-state index contributed by atoms with van der Waals surface area (Å²) in [7, 11) is 1.92. The molecular weight excluding hydrogens is 314 g/mol. The average Bonchev–Trinajstić information content (AvgIpc) is 2.73. The standard InChI is InChI=1S/C13H15BrClN3/c1-3-16-13(12-6-7-18(2)17-12)10-5-4-9(15)8-11(10)14/h4-8,13,16H,3H2,1-2H3. The van der Waals surface area contributed by atoms with Crippen LogP contribution >= 0.6 is 27.5 Å². The zero-order valence-corrected chi connectivity index (χ0v) is 12.7. The summed E-state index contributed by atoms with van der Waals surface area (Å²) in [5, 5.41) is 8.63. The van der Waals surface area contributed by atoms with E-state index in [0.717, 1.165) is 27.3 Å². The van der Waals surface area contributed by atoms with Gasteiger partial charge in [0.15, 0.2) is 0 Å². The highest BCUT2D eigenvalue weighted by Crippen LogP contribution is 2.29. The van der Waals surface area contributed by atoms with Crippen LogP contribution in [-0.2, 0) is 7.05 Å². The minimum atomic E-state index is 0.0721. The lowest BCUT2D eigenvalue weighted by Gasteiger charge is -2.18. The second kappa shape index (κ2) is 5.87. The topological polar surface area (TPSA) is 29.9 Å². The van der Waals surface area contributed by atoms with Crippen LogP contribution in [0.1, 0.15) is 24.2 Å². The van der Waals surface area contributed by atoms with Crippen molar-refractivity contribution in [1.29, 1.82) is 0 Å². The van der Waals surface area contributed by atoms with Crippen LogP contribution < -0.4 is 5.32 Å². The molecule has 1 unspecified atom stereocenters. The van der Waals surface area contributed by atoms with Crippen LogP contribution in [0, 0.1) is 0 Å². The lowest BCUT2D eigenvalue weighted by molar-refractivity contribution is 0.598. The van der Waals surface area contributed by atoms with Crippen molar-refractivity contribution in [2.75, 3.05) is 6.54 Å². The summed E-state index contributed by atoms with van der Waals surface area (Å²) in [6.45, 7) is 2.95. The van der Waals surface area contributed by atoms with Gasteiger partial charge in [-0.2, -0.15) is 5.10 Å². The number of hydrogen-bond acceptors (Lipinski definition) is 2. The first kappa shape index (κ1) is 13.6. The molecule has 18 heavy (non-hydrogen) atoms. The Morgan fingerprint density at radius 1 is 1.44 bits per heavy atom. The fourth-order valence-corrected chi connectivity index (χ4v) is 2.81. The summed E-state index contributed by atoms with van der Waals surface area (Å²) >= 11 is 9.54. The minimum absolute atomic E-state index is 0.0721. The van der Waals surface area contributed by atoms with Crippen LogP contribution in [0.5, 0.6) is 0 Å². The predicted octanol–water partition coefficient (Wildman–Crippen LogP) is 3.53. The van der Waals surface area contributed by atoms with Crippen molar-refractivity contribution in [3.63, 3.8) is 0 Å². The molecule has 1 aromatic carbocycles. The SMILES string of the molecule is CCNC(c1ccn(C)n1)c1ccc(Cl)cc1Br. The maximum atomic E-state index is 5.98. The van der Waals surface area contributed by atoms with Gasteiger partial charge in [-0.3, -0.25) is 4.68 Å². The van der Waals surface area contributed by atoms with E-state index in [9.17, 15) is 0 Å². The Kier molecular flexibility index (Phi) is 4.43. The van der Waals surface area contributed by atoms with Gasteiger partial charge in [0, 0.05) is 22.7 Å². The van der Waals surface area contributed by atoms with Crippen LogP contribution in [0.15, 0.2) is 34.9 Å². The Labute approximate surface area is 120 Å². The van der Waals surface area contributed by atoms with E-state index in [-0.39, 0.29) is 6.04 Å². The van der Waals surface area contributed by atoms with E-state index in [1.54, 1.807) is 0 Å². The molecule has 0 bridgehead atoms. The monoisotopic (exact) mass is 327 g/mol. The molecule has 0 aliphatic heterocycles. The third-order valence-electron chi connectivity index (χ3n) is 2.71. The molecule has 0 spiro atoms. The Balaban J connectivity index is 2.41. The molecule has 0 radical (unpaired) electrons. The van der Waals surface area contributed by atoms with E-state index in [4.69, 9.17) is 11.6 Å². The molecule has 2 rings (SSSR count). The van der Waals surface area contributed by atoms with Crippen molar-refractivity contribution < 1.29 is 0 Å². The molecule has 0 saturated carbocycles. The van der Waals surface area contributed by atoms with Crippen LogP contribution in [0.3, 0.4) is 0 Å². The second-order valence-electron chi connectivity index (χ2n) is 4.07. The van der Waals surface area contributed by atoms with Crippen LogP contribution in [0.25, 0.3) is 0 Å². The summed E-state index contributed by atoms with van der Waals surface area (Å²) in [5.41, 5.74) is 2.14. The highest BCUT2D eigenvalue weighted by molar-refractivity contribution is 9.10. The van der Waals surface area contributed by atoms with Gasteiger partial charge in [0.2, 0.25) is 0 Å². The molecule has 0 saturated heterocycles. The Morgan fingerprint density at radius 2 is 2.22 bits per heavy atom. The zero-order valence-electron chi connectivity index (χ0n) is 10.3. The molecule has 1 N–H and O–H groups in total. The first-order valence-electron chi connectivity index (χ1n) is 5.79. The Bertz CT molecular complexity index is 539. The largest absolute Gasteiger partial charge is 0.305 e. The van der Waals surface area contributed by atoms with E-state index in [1.807, 2.05) is 42.2 Å². The van der Waals surface area contributed by atoms with Crippen LogP contribution in [0.2, 0.25) is 5.02 Å². The fraction of sp³-hybridized carbons (Fsp3) is 0.308. The van der Waals surface area contributed by atoms with Gasteiger partial charge in [0.1, 0.15) is 0 Å². The van der Waals surface area contributed by atoms with Gasteiger partial charge < -0.3 is 5.32 Å². The smallest absolute Gasteiger partial charge is 0.0839 e. The van der Waals surface area contributed by atoms with Gasteiger partial charge >= 0.3 is 0 Å². The first-order chi connectivity index (χ1) is 8.61. The number of nitrogens with zero attached hydrogens (tertiary/aromatic N) is 2. The number of halogens is 2. The maximum absolute atomic E-state index is 5.98. The number of benzene rings is 1. The third-order valence-corrected chi connectivity index (χ3v) is 3.63. The molecule has 1 aromatic heterocycles. The van der Waals surface area contributed by atoms with Gasteiger partial charge in [0.25, 0.3) is 0 Å². The van der Waals surface area contributed by atoms with Crippen LogP contribution in [-0.4, -0.2) is 16.3 Å². The van der Waals surface area contributed by atoms with Gasteiger partial charge in [-0.25, -0.2) is 0 Å². The highest BCUT2D eigenvalue weighted by atomic mass is 79.9. The van der Waals surface area contributed by atoms with Crippen molar-refractivity contribution >= 4 is 27.5 Å². The first-order valence-corrected chi connectivity index (χ1v) is 6.96. The molecule has 5 heteroatoms. The summed E-state index contributed by atoms with van der Waals surface area (Å²) in [4.78, 5) is 0. The van der Waals surface area contributed by atoms with Crippen molar-refractivity contribution in [3.8, 4) is 0 Å². The van der Waals surface area contributed by atoms with Gasteiger partial charge in [-0.15, -0.1) is 0 Å². The third kappa shape index (κ3) is 2.94. The molecule has 2 aromatic rings. The lowest BCUT2D eigenvalue weighted by atomic mass is 10.0. The molecule has 0 aliphatic carbocycles.